The summed E-state index contributed by atoms with van der Waals surface area (Å²) in [6.07, 6.45) is 17.4. The fourth-order valence-corrected chi connectivity index (χ4v) is 1.95. The van der Waals surface area contributed by atoms with Crippen LogP contribution in [0.15, 0.2) is 0 Å². The summed E-state index contributed by atoms with van der Waals surface area (Å²) in [5.41, 5.74) is -0.344. The van der Waals surface area contributed by atoms with Crippen LogP contribution in [0.1, 0.15) is 51.4 Å². The lowest BCUT2D eigenvalue weighted by Gasteiger charge is -2.29. The van der Waals surface area contributed by atoms with E-state index in [2.05, 4.69) is 11.8 Å². The average molecular weight is 236 g/mol. The van der Waals surface area contributed by atoms with Gasteiger partial charge in [-0.25, -0.2) is 0 Å². The summed E-state index contributed by atoms with van der Waals surface area (Å²) >= 11 is 0. The molecule has 0 aromatic carbocycles. The summed E-state index contributed by atoms with van der Waals surface area (Å²) in [7, 11) is 0. The smallest absolute Gasteiger partial charge is 0.0509 e. The maximum absolute atomic E-state index is 9.45. The first kappa shape index (κ1) is 16.0. The Morgan fingerprint density at radius 3 is 1.47 bits per heavy atom. The minimum absolute atomic E-state index is 0.0373. The lowest BCUT2D eigenvalue weighted by molar-refractivity contribution is 0.0358. The van der Waals surface area contributed by atoms with E-state index in [1.807, 2.05) is 0 Å². The highest BCUT2D eigenvalue weighted by molar-refractivity contribution is 4.85. The zero-order valence-corrected chi connectivity index (χ0v) is 10.6. The quantitative estimate of drug-likeness (QED) is 0.451. The standard InChI is InChI=1S/C15H24O2/c1-3-5-7-9-11-15(13-16,14-17)12-10-8-6-4-2/h1-2,16-17H,5-14H2. The van der Waals surface area contributed by atoms with Gasteiger partial charge in [0.05, 0.1) is 13.2 Å². The van der Waals surface area contributed by atoms with Crippen molar-refractivity contribution in [1.29, 1.82) is 0 Å². The highest BCUT2D eigenvalue weighted by Crippen LogP contribution is 2.30. The van der Waals surface area contributed by atoms with Crippen molar-refractivity contribution < 1.29 is 10.2 Å². The van der Waals surface area contributed by atoms with E-state index >= 15 is 0 Å². The second-order valence-corrected chi connectivity index (χ2v) is 4.64. The van der Waals surface area contributed by atoms with Gasteiger partial charge in [-0.15, -0.1) is 24.7 Å². The van der Waals surface area contributed by atoms with Crippen molar-refractivity contribution in [1.82, 2.24) is 0 Å². The van der Waals surface area contributed by atoms with Gasteiger partial charge in [0.25, 0.3) is 0 Å². The molecule has 96 valence electrons. The van der Waals surface area contributed by atoms with Gasteiger partial charge in [-0.05, 0) is 25.7 Å². The van der Waals surface area contributed by atoms with Gasteiger partial charge in [0.15, 0.2) is 0 Å². The van der Waals surface area contributed by atoms with Crippen LogP contribution in [0.2, 0.25) is 0 Å². The molecule has 0 aliphatic carbocycles. The second kappa shape index (κ2) is 10.2. The van der Waals surface area contributed by atoms with Crippen LogP contribution in [0, 0.1) is 30.1 Å². The van der Waals surface area contributed by atoms with E-state index in [1.54, 1.807) is 0 Å². The maximum Gasteiger partial charge on any atom is 0.0509 e. The van der Waals surface area contributed by atoms with Crippen molar-refractivity contribution >= 4 is 0 Å². The van der Waals surface area contributed by atoms with Crippen LogP contribution >= 0.6 is 0 Å². The number of hydrogen-bond donors (Lipinski definition) is 2. The normalized spacial score (nSPS) is 10.8. The molecule has 0 aliphatic rings. The van der Waals surface area contributed by atoms with Crippen molar-refractivity contribution in [2.45, 2.75) is 51.4 Å². The first-order valence-corrected chi connectivity index (χ1v) is 6.33. The largest absolute Gasteiger partial charge is 0.396 e. The van der Waals surface area contributed by atoms with Crippen LogP contribution in [-0.4, -0.2) is 23.4 Å². The zero-order chi connectivity index (χ0) is 13.0. The molecule has 0 heterocycles. The molecule has 0 spiro atoms. The molecule has 0 atom stereocenters. The van der Waals surface area contributed by atoms with Crippen LogP contribution in [-0.2, 0) is 0 Å². The van der Waals surface area contributed by atoms with Crippen LogP contribution in [0.25, 0.3) is 0 Å². The van der Waals surface area contributed by atoms with Gasteiger partial charge in [0, 0.05) is 18.3 Å². The van der Waals surface area contributed by atoms with Crippen molar-refractivity contribution in [2.75, 3.05) is 13.2 Å². The number of rotatable bonds is 10. The fraction of sp³-hybridized carbons (Fsp3) is 0.733. The Bertz CT molecular complexity index is 229. The molecule has 2 N–H and O–H groups in total. The van der Waals surface area contributed by atoms with Gasteiger partial charge in [0.2, 0.25) is 0 Å². The number of aliphatic hydroxyl groups excluding tert-OH is 2. The van der Waals surface area contributed by atoms with Crippen LogP contribution in [0.4, 0.5) is 0 Å². The van der Waals surface area contributed by atoms with Gasteiger partial charge in [-0.2, -0.15) is 0 Å². The van der Waals surface area contributed by atoms with Gasteiger partial charge >= 0.3 is 0 Å². The zero-order valence-electron chi connectivity index (χ0n) is 10.6. The minimum atomic E-state index is -0.344. The van der Waals surface area contributed by atoms with Crippen molar-refractivity contribution in [2.24, 2.45) is 5.41 Å². The van der Waals surface area contributed by atoms with E-state index in [0.717, 1.165) is 51.4 Å². The summed E-state index contributed by atoms with van der Waals surface area (Å²) in [5, 5.41) is 18.9. The van der Waals surface area contributed by atoms with E-state index < -0.39 is 0 Å². The second-order valence-electron chi connectivity index (χ2n) is 4.64. The molecule has 0 amide bonds. The van der Waals surface area contributed by atoms with Gasteiger partial charge in [-0.1, -0.05) is 12.8 Å². The van der Waals surface area contributed by atoms with Gasteiger partial charge in [-0.3, -0.25) is 0 Å². The predicted molar refractivity (Wildman–Crippen MR) is 71.2 cm³/mol. The Labute approximate surface area is 105 Å². The average Bonchev–Trinajstić information content (AvgIpc) is 2.37. The number of unbranched alkanes of at least 4 members (excludes halogenated alkanes) is 4. The lowest BCUT2D eigenvalue weighted by atomic mass is 9.79. The molecule has 0 aromatic rings. The third kappa shape index (κ3) is 7.05. The van der Waals surface area contributed by atoms with Crippen molar-refractivity contribution in [3.05, 3.63) is 0 Å². The number of terminal acetylenes is 2. The molecule has 0 rings (SSSR count). The molecule has 0 saturated carbocycles. The SMILES string of the molecule is C#CCCCCC(CO)(CO)CCCCC#C. The van der Waals surface area contributed by atoms with E-state index in [4.69, 9.17) is 12.8 Å². The van der Waals surface area contributed by atoms with E-state index in [0.29, 0.717) is 0 Å². The molecule has 0 radical (unpaired) electrons. The monoisotopic (exact) mass is 236 g/mol. The molecule has 0 bridgehead atoms. The molecule has 2 nitrogen and oxygen atoms in total. The summed E-state index contributed by atoms with van der Waals surface area (Å²) < 4.78 is 0. The molecular weight excluding hydrogens is 212 g/mol. The van der Waals surface area contributed by atoms with Gasteiger partial charge in [0.1, 0.15) is 0 Å². The Morgan fingerprint density at radius 2 is 1.18 bits per heavy atom. The van der Waals surface area contributed by atoms with Crippen molar-refractivity contribution in [3.63, 3.8) is 0 Å². The molecule has 0 aromatic heterocycles. The van der Waals surface area contributed by atoms with Crippen molar-refractivity contribution in [3.8, 4) is 24.7 Å². The first-order valence-electron chi connectivity index (χ1n) is 6.33. The van der Waals surface area contributed by atoms with E-state index in [9.17, 15) is 10.2 Å². The maximum atomic E-state index is 9.45. The molecule has 0 unspecified atom stereocenters. The van der Waals surface area contributed by atoms with Gasteiger partial charge < -0.3 is 10.2 Å². The predicted octanol–water partition coefficient (Wildman–Crippen LogP) is 2.34. The minimum Gasteiger partial charge on any atom is -0.396 e. The molecular formula is C15H24O2. The fourth-order valence-electron chi connectivity index (χ4n) is 1.95. The summed E-state index contributed by atoms with van der Waals surface area (Å²) in [6.45, 7) is 0.0746. The molecule has 0 fully saturated rings. The molecule has 0 aliphatic heterocycles. The van der Waals surface area contributed by atoms with Crippen LogP contribution in [0.5, 0.6) is 0 Å². The Morgan fingerprint density at radius 1 is 0.765 bits per heavy atom. The molecule has 17 heavy (non-hydrogen) atoms. The summed E-state index contributed by atoms with van der Waals surface area (Å²) in [6, 6.07) is 0. The third-order valence-corrected chi connectivity index (χ3v) is 3.23. The van der Waals surface area contributed by atoms with E-state index in [-0.39, 0.29) is 18.6 Å². The molecule has 0 saturated heterocycles. The summed E-state index contributed by atoms with van der Waals surface area (Å²) in [5.74, 6) is 5.21. The van der Waals surface area contributed by atoms with Crippen LogP contribution in [0.3, 0.4) is 0 Å². The Kier molecular flexibility index (Phi) is 9.63. The number of hydrogen-bond acceptors (Lipinski definition) is 2. The Hall–Kier alpha value is -0.960. The highest BCUT2D eigenvalue weighted by atomic mass is 16.3. The van der Waals surface area contributed by atoms with E-state index in [1.165, 1.54) is 0 Å². The first-order chi connectivity index (χ1) is 8.24. The Balaban J connectivity index is 3.98. The molecule has 2 heteroatoms. The summed E-state index contributed by atoms with van der Waals surface area (Å²) in [4.78, 5) is 0. The topological polar surface area (TPSA) is 40.5 Å². The highest BCUT2D eigenvalue weighted by Gasteiger charge is 2.27. The third-order valence-electron chi connectivity index (χ3n) is 3.23. The van der Waals surface area contributed by atoms with Crippen LogP contribution < -0.4 is 0 Å². The number of aliphatic hydroxyl groups is 2. The lowest BCUT2D eigenvalue weighted by Crippen LogP contribution is -2.29.